The molecule has 1 aromatic carbocycles. The number of hydrogen-bond acceptors (Lipinski definition) is 6. The molecule has 2 aliphatic rings. The maximum atomic E-state index is 13.3. The zero-order valence-electron chi connectivity index (χ0n) is 16.4. The highest BCUT2D eigenvalue weighted by Crippen LogP contribution is 2.69. The van der Waals surface area contributed by atoms with Crippen LogP contribution in [0.3, 0.4) is 0 Å². The first-order valence-corrected chi connectivity index (χ1v) is 9.60. The van der Waals surface area contributed by atoms with Crippen LogP contribution in [0.25, 0.3) is 0 Å². The zero-order chi connectivity index (χ0) is 19.7. The Bertz CT molecular complexity index is 746. The molecule has 3 rings (SSSR count). The molecule has 1 heterocycles. The van der Waals surface area contributed by atoms with Crippen molar-refractivity contribution in [3.05, 3.63) is 35.9 Å². The van der Waals surface area contributed by atoms with E-state index in [0.29, 0.717) is 18.9 Å². The molecule has 0 bridgehead atoms. The van der Waals surface area contributed by atoms with Gasteiger partial charge in [-0.25, -0.2) is 4.99 Å². The lowest BCUT2D eigenvalue weighted by molar-refractivity contribution is -0.196. The van der Waals surface area contributed by atoms with Crippen molar-refractivity contribution in [3.63, 3.8) is 0 Å². The van der Waals surface area contributed by atoms with Crippen molar-refractivity contribution in [1.29, 1.82) is 0 Å². The Morgan fingerprint density at radius 1 is 1.15 bits per heavy atom. The number of carbonyl (C=O) groups excluding carboxylic acids is 2. The van der Waals surface area contributed by atoms with Crippen molar-refractivity contribution in [2.24, 2.45) is 16.3 Å². The van der Waals surface area contributed by atoms with Gasteiger partial charge in [0.2, 0.25) is 5.90 Å². The molecule has 146 valence electrons. The fourth-order valence-electron chi connectivity index (χ4n) is 4.73. The molecule has 0 unspecified atom stereocenters. The summed E-state index contributed by atoms with van der Waals surface area (Å²) in [6, 6.07) is 9.73. The second kappa shape index (κ2) is 7.33. The summed E-state index contributed by atoms with van der Waals surface area (Å²) < 4.78 is 16.8. The second-order valence-corrected chi connectivity index (χ2v) is 7.01. The normalized spacial score (nSPS) is 31.3. The van der Waals surface area contributed by atoms with Crippen LogP contribution in [-0.4, -0.2) is 37.2 Å². The predicted molar refractivity (Wildman–Crippen MR) is 100 cm³/mol. The molecule has 1 fully saturated rings. The highest BCUT2D eigenvalue weighted by Gasteiger charge is 2.79. The summed E-state index contributed by atoms with van der Waals surface area (Å²) in [5.41, 5.74) is -1.02. The number of aliphatic imine (C=N–C) groups is 1. The van der Waals surface area contributed by atoms with Crippen molar-refractivity contribution >= 4 is 17.8 Å². The highest BCUT2D eigenvalue weighted by molar-refractivity contribution is 5.98. The fourth-order valence-corrected chi connectivity index (χ4v) is 4.73. The van der Waals surface area contributed by atoms with E-state index in [1.807, 2.05) is 37.3 Å². The van der Waals surface area contributed by atoms with Crippen molar-refractivity contribution in [2.75, 3.05) is 13.2 Å². The van der Waals surface area contributed by atoms with E-state index in [1.54, 1.807) is 6.92 Å². The number of nitrogens with zero attached hydrogens (tertiary/aromatic N) is 1. The van der Waals surface area contributed by atoms with E-state index in [-0.39, 0.29) is 18.5 Å². The third-order valence-electron chi connectivity index (χ3n) is 5.72. The Balaban J connectivity index is 2.22. The molecule has 1 aromatic rings. The van der Waals surface area contributed by atoms with E-state index >= 15 is 0 Å². The molecule has 1 aliphatic heterocycles. The van der Waals surface area contributed by atoms with Crippen LogP contribution in [0, 0.1) is 11.3 Å². The Morgan fingerprint density at radius 3 is 2.41 bits per heavy atom. The summed E-state index contributed by atoms with van der Waals surface area (Å²) in [5.74, 6) is -0.427. The van der Waals surface area contributed by atoms with Gasteiger partial charge in [0.1, 0.15) is 11.0 Å². The van der Waals surface area contributed by atoms with Crippen LogP contribution in [0.4, 0.5) is 0 Å². The largest absolute Gasteiger partial charge is 0.479 e. The quantitative estimate of drug-likeness (QED) is 0.716. The first kappa shape index (κ1) is 19.4. The minimum absolute atomic E-state index is 0.125. The van der Waals surface area contributed by atoms with Crippen LogP contribution in [0.5, 0.6) is 0 Å². The first-order chi connectivity index (χ1) is 13.0. The van der Waals surface area contributed by atoms with Crippen molar-refractivity contribution in [2.45, 2.75) is 52.2 Å². The average molecular weight is 373 g/mol. The van der Waals surface area contributed by atoms with E-state index in [2.05, 4.69) is 6.92 Å². The zero-order valence-corrected chi connectivity index (χ0v) is 16.4. The van der Waals surface area contributed by atoms with Crippen LogP contribution in [0.15, 0.2) is 35.3 Å². The summed E-state index contributed by atoms with van der Waals surface area (Å²) in [6.07, 6.45) is 0.498. The number of esters is 2. The molecule has 6 heteroatoms. The van der Waals surface area contributed by atoms with E-state index < -0.39 is 23.0 Å². The molecule has 1 aliphatic carbocycles. The third kappa shape index (κ3) is 2.65. The van der Waals surface area contributed by atoms with Crippen LogP contribution < -0.4 is 0 Å². The summed E-state index contributed by atoms with van der Waals surface area (Å²) >= 11 is 0. The molecule has 0 aromatic heterocycles. The number of carbonyl (C=O) groups is 2. The average Bonchev–Trinajstić information content (AvgIpc) is 2.83. The summed E-state index contributed by atoms with van der Waals surface area (Å²) in [6.45, 7) is 7.66. The third-order valence-corrected chi connectivity index (χ3v) is 5.72. The maximum Gasteiger partial charge on any atom is 0.319 e. The van der Waals surface area contributed by atoms with Crippen molar-refractivity contribution in [3.8, 4) is 0 Å². The molecule has 27 heavy (non-hydrogen) atoms. The molecule has 1 saturated carbocycles. The SMILES string of the molecule is CCOC(=O)[C@]12C[C@H](CC)[C@@]1(c1ccccc1)N=C(OCC)[C@@H]2OC(C)=O. The molecule has 0 spiro atoms. The first-order valence-electron chi connectivity index (χ1n) is 9.60. The number of ether oxygens (including phenoxy) is 3. The number of hydrogen-bond donors (Lipinski definition) is 0. The topological polar surface area (TPSA) is 74.2 Å². The Kier molecular flexibility index (Phi) is 5.27. The van der Waals surface area contributed by atoms with Gasteiger partial charge in [0.25, 0.3) is 0 Å². The van der Waals surface area contributed by atoms with E-state index in [0.717, 1.165) is 12.0 Å². The molecule has 0 radical (unpaired) electrons. The number of benzene rings is 1. The monoisotopic (exact) mass is 373 g/mol. The number of rotatable bonds is 6. The molecule has 6 nitrogen and oxygen atoms in total. The summed E-state index contributed by atoms with van der Waals surface area (Å²) in [4.78, 5) is 30.1. The van der Waals surface area contributed by atoms with Crippen molar-refractivity contribution < 1.29 is 23.8 Å². The van der Waals surface area contributed by atoms with Gasteiger partial charge in [0.15, 0.2) is 6.10 Å². The summed E-state index contributed by atoms with van der Waals surface area (Å²) in [7, 11) is 0. The van der Waals surface area contributed by atoms with Gasteiger partial charge in [-0.2, -0.15) is 0 Å². The lowest BCUT2D eigenvalue weighted by Crippen LogP contribution is -2.67. The van der Waals surface area contributed by atoms with Crippen LogP contribution in [0.2, 0.25) is 0 Å². The van der Waals surface area contributed by atoms with Gasteiger partial charge in [-0.3, -0.25) is 9.59 Å². The molecule has 4 atom stereocenters. The van der Waals surface area contributed by atoms with Gasteiger partial charge >= 0.3 is 11.9 Å². The maximum absolute atomic E-state index is 13.3. The summed E-state index contributed by atoms with van der Waals surface area (Å²) in [5, 5.41) is 0. The fraction of sp³-hybridized carbons (Fsp3) is 0.571. The Hall–Kier alpha value is -2.37. The van der Waals surface area contributed by atoms with Gasteiger partial charge < -0.3 is 14.2 Å². The molecule has 0 N–H and O–H groups in total. The minimum Gasteiger partial charge on any atom is -0.479 e. The highest BCUT2D eigenvalue weighted by atomic mass is 16.6. The minimum atomic E-state index is -1.10. The smallest absolute Gasteiger partial charge is 0.319 e. The van der Waals surface area contributed by atoms with Crippen LogP contribution >= 0.6 is 0 Å². The molecular formula is C21H27NO5. The Morgan fingerprint density at radius 2 is 1.85 bits per heavy atom. The van der Waals surface area contributed by atoms with Crippen LogP contribution in [-0.2, 0) is 29.3 Å². The number of fused-ring (bicyclic) bond motifs is 1. The molecule has 0 amide bonds. The van der Waals surface area contributed by atoms with Crippen molar-refractivity contribution in [1.82, 2.24) is 0 Å². The van der Waals surface area contributed by atoms with E-state index in [1.165, 1.54) is 6.92 Å². The van der Waals surface area contributed by atoms with Gasteiger partial charge in [0.05, 0.1) is 13.2 Å². The molecular weight excluding hydrogens is 346 g/mol. The van der Waals surface area contributed by atoms with Gasteiger partial charge in [-0.15, -0.1) is 0 Å². The van der Waals surface area contributed by atoms with Gasteiger partial charge in [-0.1, -0.05) is 43.7 Å². The Labute approximate surface area is 159 Å². The van der Waals surface area contributed by atoms with Gasteiger partial charge in [-0.05, 0) is 31.7 Å². The van der Waals surface area contributed by atoms with E-state index in [4.69, 9.17) is 19.2 Å². The van der Waals surface area contributed by atoms with Crippen LogP contribution in [0.1, 0.15) is 46.1 Å². The van der Waals surface area contributed by atoms with Gasteiger partial charge in [0, 0.05) is 6.92 Å². The van der Waals surface area contributed by atoms with E-state index in [9.17, 15) is 9.59 Å². The second-order valence-electron chi connectivity index (χ2n) is 7.01. The lowest BCUT2D eigenvalue weighted by atomic mass is 9.45. The standard InChI is InChI=1S/C21H27NO5/c1-5-15-13-20(19(24)26-7-3)17(27-14(4)23)18(25-6-2)22-21(15,20)16-11-9-8-10-12-16/h8-12,15,17H,5-7,13H2,1-4H3/t15-,17-,20+,21-/m0/s1. The lowest BCUT2D eigenvalue weighted by Gasteiger charge is -2.58. The molecule has 0 saturated heterocycles. The predicted octanol–water partition coefficient (Wildman–Crippen LogP) is 3.24.